The minimum absolute atomic E-state index is 0.411. The number of methoxy groups -OCH3 is 2. The molecule has 0 aliphatic heterocycles. The summed E-state index contributed by atoms with van der Waals surface area (Å²) in [7, 11) is 2.89. The number of nitrogens with zero attached hydrogens (tertiary/aromatic N) is 1. The van der Waals surface area contributed by atoms with Gasteiger partial charge in [-0.2, -0.15) is 0 Å². The first-order valence-corrected chi connectivity index (χ1v) is 5.77. The average Bonchev–Trinajstić information content (AvgIpc) is 2.46. The molecule has 4 nitrogen and oxygen atoms in total. The van der Waals surface area contributed by atoms with Crippen molar-refractivity contribution in [1.82, 2.24) is 4.98 Å². The Morgan fingerprint density at radius 2 is 2.05 bits per heavy atom. The van der Waals surface area contributed by atoms with Crippen molar-refractivity contribution in [2.24, 2.45) is 0 Å². The molecule has 0 N–H and O–H groups in total. The Morgan fingerprint density at radius 3 is 2.63 bits per heavy atom. The van der Waals surface area contributed by atoms with Crippen molar-refractivity contribution in [2.75, 3.05) is 14.2 Å². The highest BCUT2D eigenvalue weighted by molar-refractivity contribution is 5.92. The van der Waals surface area contributed by atoms with E-state index in [1.54, 1.807) is 44.5 Å². The molecular formula is C15H17NO3. The molecule has 1 heterocycles. The molecule has 1 aromatic rings. The van der Waals surface area contributed by atoms with E-state index in [2.05, 4.69) is 4.98 Å². The summed E-state index contributed by atoms with van der Waals surface area (Å²) in [6.45, 7) is 1.76. The topological polar surface area (TPSA) is 48.4 Å². The van der Waals surface area contributed by atoms with E-state index in [0.717, 1.165) is 5.69 Å². The Labute approximate surface area is 113 Å². The predicted octanol–water partition coefficient (Wildman–Crippen LogP) is 2.74. The highest BCUT2D eigenvalue weighted by atomic mass is 16.5. The summed E-state index contributed by atoms with van der Waals surface area (Å²) in [5.41, 5.74) is 1.23. The standard InChI is InChI=1S/C15H17NO3/c1-12(18-2)11-13(15(17)19-3)7-6-9-14-8-4-5-10-16-14/h4-11H,1-3H3/b9-6+,12-11+,13-7+. The molecule has 1 aromatic heterocycles. The number of allylic oxidation sites excluding steroid dienone is 3. The van der Waals surface area contributed by atoms with Gasteiger partial charge in [-0.15, -0.1) is 0 Å². The van der Waals surface area contributed by atoms with Gasteiger partial charge in [0.2, 0.25) is 0 Å². The molecule has 0 radical (unpaired) electrons. The number of hydrogen-bond donors (Lipinski definition) is 0. The molecule has 0 saturated carbocycles. The number of carbonyl (C=O) groups is 1. The fourth-order valence-corrected chi connectivity index (χ4v) is 1.30. The smallest absolute Gasteiger partial charge is 0.337 e. The van der Waals surface area contributed by atoms with Crippen LogP contribution in [0.25, 0.3) is 6.08 Å². The molecule has 0 amide bonds. The third kappa shape index (κ3) is 5.21. The molecule has 0 spiro atoms. The minimum Gasteiger partial charge on any atom is -0.501 e. The molecule has 0 aliphatic rings. The van der Waals surface area contributed by atoms with Crippen LogP contribution >= 0.6 is 0 Å². The van der Waals surface area contributed by atoms with Crippen LogP contribution in [0, 0.1) is 0 Å². The van der Waals surface area contributed by atoms with Gasteiger partial charge in [0, 0.05) is 6.20 Å². The Kier molecular flexibility index (Phi) is 6.09. The van der Waals surface area contributed by atoms with Crippen LogP contribution in [-0.4, -0.2) is 25.2 Å². The summed E-state index contributed by atoms with van der Waals surface area (Å²) in [5.74, 6) is 0.213. The summed E-state index contributed by atoms with van der Waals surface area (Å²) >= 11 is 0. The monoisotopic (exact) mass is 259 g/mol. The van der Waals surface area contributed by atoms with E-state index in [1.165, 1.54) is 7.11 Å². The lowest BCUT2D eigenvalue weighted by atomic mass is 10.2. The number of ether oxygens (including phenoxy) is 2. The zero-order valence-electron chi connectivity index (χ0n) is 11.3. The van der Waals surface area contributed by atoms with Crippen molar-refractivity contribution >= 4 is 12.0 Å². The van der Waals surface area contributed by atoms with E-state index in [-0.39, 0.29) is 0 Å². The van der Waals surface area contributed by atoms with Crippen LogP contribution in [-0.2, 0) is 14.3 Å². The molecular weight excluding hydrogens is 242 g/mol. The number of carbonyl (C=O) groups excluding carboxylic acids is 1. The van der Waals surface area contributed by atoms with Gasteiger partial charge in [0.05, 0.1) is 31.2 Å². The van der Waals surface area contributed by atoms with E-state index in [1.807, 2.05) is 18.2 Å². The van der Waals surface area contributed by atoms with E-state index in [0.29, 0.717) is 11.3 Å². The van der Waals surface area contributed by atoms with Crippen molar-refractivity contribution < 1.29 is 14.3 Å². The molecule has 0 aliphatic carbocycles. The second-order valence-electron chi connectivity index (χ2n) is 3.69. The first-order chi connectivity index (χ1) is 9.17. The molecule has 0 saturated heterocycles. The highest BCUT2D eigenvalue weighted by Crippen LogP contribution is 2.06. The fraction of sp³-hybridized carbons (Fsp3) is 0.200. The molecule has 0 atom stereocenters. The zero-order valence-corrected chi connectivity index (χ0v) is 11.3. The van der Waals surface area contributed by atoms with Gasteiger partial charge in [-0.1, -0.05) is 12.1 Å². The normalized spacial score (nSPS) is 12.6. The number of pyridine rings is 1. The second kappa shape index (κ2) is 7.87. The Hall–Kier alpha value is -2.36. The maximum Gasteiger partial charge on any atom is 0.337 e. The lowest BCUT2D eigenvalue weighted by Gasteiger charge is -2.01. The van der Waals surface area contributed by atoms with Crippen molar-refractivity contribution in [3.8, 4) is 0 Å². The molecule has 0 aromatic carbocycles. The lowest BCUT2D eigenvalue weighted by Crippen LogP contribution is -2.03. The zero-order chi connectivity index (χ0) is 14.1. The van der Waals surface area contributed by atoms with Gasteiger partial charge in [0.25, 0.3) is 0 Å². The molecule has 19 heavy (non-hydrogen) atoms. The highest BCUT2D eigenvalue weighted by Gasteiger charge is 2.05. The molecule has 4 heteroatoms. The van der Waals surface area contributed by atoms with Crippen LogP contribution in [0.3, 0.4) is 0 Å². The summed E-state index contributed by atoms with van der Waals surface area (Å²) < 4.78 is 9.72. The second-order valence-corrected chi connectivity index (χ2v) is 3.69. The maximum atomic E-state index is 11.6. The summed E-state index contributed by atoms with van der Waals surface area (Å²) in [5, 5.41) is 0. The van der Waals surface area contributed by atoms with Crippen LogP contribution in [0.15, 0.2) is 54.0 Å². The lowest BCUT2D eigenvalue weighted by molar-refractivity contribution is -0.135. The summed E-state index contributed by atoms with van der Waals surface area (Å²) in [4.78, 5) is 15.7. The number of rotatable bonds is 5. The first-order valence-electron chi connectivity index (χ1n) is 5.77. The third-order valence-corrected chi connectivity index (χ3v) is 2.33. The van der Waals surface area contributed by atoms with Gasteiger partial charge in [-0.3, -0.25) is 4.98 Å². The van der Waals surface area contributed by atoms with Crippen LogP contribution in [0.4, 0.5) is 0 Å². The van der Waals surface area contributed by atoms with Gasteiger partial charge < -0.3 is 9.47 Å². The SMILES string of the molecule is COC(=O)C(/C=C(\C)OC)=C/C=C/c1ccccn1. The van der Waals surface area contributed by atoms with Crippen molar-refractivity contribution in [1.29, 1.82) is 0 Å². The fourth-order valence-electron chi connectivity index (χ4n) is 1.30. The van der Waals surface area contributed by atoms with Crippen LogP contribution in [0.2, 0.25) is 0 Å². The Morgan fingerprint density at radius 1 is 1.26 bits per heavy atom. The van der Waals surface area contributed by atoms with Crippen LogP contribution in [0.5, 0.6) is 0 Å². The molecule has 100 valence electrons. The number of esters is 1. The average molecular weight is 259 g/mol. The predicted molar refractivity (Wildman–Crippen MR) is 74.1 cm³/mol. The van der Waals surface area contributed by atoms with E-state index < -0.39 is 5.97 Å². The van der Waals surface area contributed by atoms with Crippen LogP contribution < -0.4 is 0 Å². The van der Waals surface area contributed by atoms with Gasteiger partial charge in [-0.25, -0.2) is 4.79 Å². The maximum absolute atomic E-state index is 11.6. The quantitative estimate of drug-likeness (QED) is 0.353. The van der Waals surface area contributed by atoms with Crippen molar-refractivity contribution in [3.05, 3.63) is 59.7 Å². The Bertz CT molecular complexity index is 501. The first kappa shape index (κ1) is 14.7. The largest absolute Gasteiger partial charge is 0.501 e. The number of hydrogen-bond acceptors (Lipinski definition) is 4. The molecule has 0 unspecified atom stereocenters. The number of aromatic nitrogens is 1. The molecule has 1 rings (SSSR count). The van der Waals surface area contributed by atoms with Gasteiger partial charge in [0.1, 0.15) is 0 Å². The van der Waals surface area contributed by atoms with E-state index in [4.69, 9.17) is 9.47 Å². The molecule has 0 fully saturated rings. The summed E-state index contributed by atoms with van der Waals surface area (Å²) in [6, 6.07) is 5.61. The van der Waals surface area contributed by atoms with Gasteiger partial charge in [0.15, 0.2) is 0 Å². The third-order valence-electron chi connectivity index (χ3n) is 2.33. The van der Waals surface area contributed by atoms with E-state index in [9.17, 15) is 4.79 Å². The summed E-state index contributed by atoms with van der Waals surface area (Å²) in [6.07, 6.45) is 8.53. The minimum atomic E-state index is -0.415. The van der Waals surface area contributed by atoms with Crippen LogP contribution in [0.1, 0.15) is 12.6 Å². The van der Waals surface area contributed by atoms with Gasteiger partial charge in [-0.05, 0) is 37.3 Å². The molecule has 0 bridgehead atoms. The Balaban J connectivity index is 2.89. The van der Waals surface area contributed by atoms with Gasteiger partial charge >= 0.3 is 5.97 Å². The van der Waals surface area contributed by atoms with Crippen molar-refractivity contribution in [3.63, 3.8) is 0 Å². The van der Waals surface area contributed by atoms with Crippen molar-refractivity contribution in [2.45, 2.75) is 6.92 Å². The van der Waals surface area contributed by atoms with E-state index >= 15 is 0 Å².